The number of rotatable bonds is 5. The highest BCUT2D eigenvalue weighted by Gasteiger charge is 2.41. The molecule has 4 heterocycles. The molecule has 0 aliphatic carbocycles. The van der Waals surface area contributed by atoms with E-state index in [2.05, 4.69) is 57.7 Å². The molecule has 0 aromatic carbocycles. The number of hydrogen-bond donors (Lipinski definition) is 2. The van der Waals surface area contributed by atoms with Crippen LogP contribution in [0, 0.1) is 20.8 Å². The van der Waals surface area contributed by atoms with Gasteiger partial charge in [0.05, 0.1) is 24.4 Å². The van der Waals surface area contributed by atoms with Gasteiger partial charge in [0.2, 0.25) is 0 Å². The highest BCUT2D eigenvalue weighted by molar-refractivity contribution is 7.80. The van der Waals surface area contributed by atoms with E-state index in [9.17, 15) is 5.11 Å². The second-order valence-electron chi connectivity index (χ2n) is 7.40. The van der Waals surface area contributed by atoms with Gasteiger partial charge in [0.1, 0.15) is 5.82 Å². The van der Waals surface area contributed by atoms with Crippen molar-refractivity contribution in [3.8, 4) is 5.82 Å². The molecule has 3 aromatic heterocycles. The number of pyridine rings is 2. The first-order valence-electron chi connectivity index (χ1n) is 9.72. The van der Waals surface area contributed by atoms with E-state index in [1.807, 2.05) is 30.5 Å². The molecule has 150 valence electrons. The lowest BCUT2D eigenvalue weighted by Gasteiger charge is -2.27. The Morgan fingerprint density at radius 3 is 2.62 bits per heavy atom. The highest BCUT2D eigenvalue weighted by Crippen LogP contribution is 2.41. The third kappa shape index (κ3) is 3.52. The predicted octanol–water partition coefficient (Wildman–Crippen LogP) is 3.16. The summed E-state index contributed by atoms with van der Waals surface area (Å²) in [7, 11) is 0. The molecule has 1 fully saturated rings. The van der Waals surface area contributed by atoms with Crippen LogP contribution in [0.3, 0.4) is 0 Å². The summed E-state index contributed by atoms with van der Waals surface area (Å²) >= 11 is 5.61. The maximum Gasteiger partial charge on any atom is 0.170 e. The van der Waals surface area contributed by atoms with Crippen LogP contribution in [0.2, 0.25) is 0 Å². The minimum atomic E-state index is -0.0883. The molecule has 2 atom stereocenters. The van der Waals surface area contributed by atoms with Crippen molar-refractivity contribution in [3.63, 3.8) is 0 Å². The van der Waals surface area contributed by atoms with E-state index in [1.54, 1.807) is 6.20 Å². The van der Waals surface area contributed by atoms with Crippen molar-refractivity contribution in [2.24, 2.45) is 0 Å². The molecule has 0 spiro atoms. The molecule has 1 aliphatic rings. The smallest absolute Gasteiger partial charge is 0.170 e. The largest absolute Gasteiger partial charge is 0.395 e. The Hall–Kier alpha value is -2.77. The number of aliphatic hydroxyl groups excluding tert-OH is 1. The fraction of sp³-hybridized carbons (Fsp3) is 0.318. The van der Waals surface area contributed by atoms with Crippen LogP contribution >= 0.6 is 12.2 Å². The summed E-state index contributed by atoms with van der Waals surface area (Å²) in [6, 6.07) is 12.0. The van der Waals surface area contributed by atoms with Crippen LogP contribution < -0.4 is 5.32 Å². The molecule has 4 rings (SSSR count). The topological polar surface area (TPSA) is 66.2 Å². The molecule has 2 N–H and O–H groups in total. The number of nitrogens with zero attached hydrogens (tertiary/aromatic N) is 4. The molecule has 1 aliphatic heterocycles. The van der Waals surface area contributed by atoms with Crippen LogP contribution in [0.15, 0.2) is 48.8 Å². The minimum absolute atomic E-state index is 0.0332. The van der Waals surface area contributed by atoms with Crippen LogP contribution in [0.5, 0.6) is 0 Å². The summed E-state index contributed by atoms with van der Waals surface area (Å²) in [6.45, 7) is 6.77. The van der Waals surface area contributed by atoms with E-state index in [-0.39, 0.29) is 18.7 Å². The van der Waals surface area contributed by atoms with Gasteiger partial charge < -0.3 is 19.9 Å². The normalized spacial score (nSPS) is 18.9. The maximum absolute atomic E-state index is 9.64. The highest BCUT2D eigenvalue weighted by atomic mass is 32.1. The summed E-state index contributed by atoms with van der Waals surface area (Å²) in [5, 5.41) is 13.7. The molecule has 0 amide bonds. The van der Waals surface area contributed by atoms with Crippen LogP contribution in [0.1, 0.15) is 40.3 Å². The Morgan fingerprint density at radius 1 is 1.10 bits per heavy atom. The van der Waals surface area contributed by atoms with Crippen molar-refractivity contribution in [2.75, 3.05) is 13.2 Å². The summed E-state index contributed by atoms with van der Waals surface area (Å²) in [5.74, 6) is 0.905. The lowest BCUT2D eigenvalue weighted by atomic mass is 9.97. The molecule has 6 nitrogen and oxygen atoms in total. The number of nitrogens with one attached hydrogen (secondary N) is 1. The van der Waals surface area contributed by atoms with Gasteiger partial charge in [-0.2, -0.15) is 0 Å². The van der Waals surface area contributed by atoms with Crippen LogP contribution in [0.25, 0.3) is 5.82 Å². The minimum Gasteiger partial charge on any atom is -0.395 e. The van der Waals surface area contributed by atoms with Gasteiger partial charge in [-0.3, -0.25) is 4.98 Å². The first-order chi connectivity index (χ1) is 14.0. The zero-order valence-corrected chi connectivity index (χ0v) is 17.6. The van der Waals surface area contributed by atoms with E-state index in [0.29, 0.717) is 11.7 Å². The van der Waals surface area contributed by atoms with Crippen molar-refractivity contribution in [2.45, 2.75) is 32.9 Å². The zero-order valence-electron chi connectivity index (χ0n) is 16.8. The van der Waals surface area contributed by atoms with Gasteiger partial charge in [0, 0.05) is 30.3 Å². The summed E-state index contributed by atoms with van der Waals surface area (Å²) in [5.41, 5.74) is 5.47. The molecule has 29 heavy (non-hydrogen) atoms. The second-order valence-corrected chi connectivity index (χ2v) is 7.78. The number of hydrogen-bond acceptors (Lipinski definition) is 4. The quantitative estimate of drug-likeness (QED) is 0.634. The third-order valence-corrected chi connectivity index (χ3v) is 5.81. The monoisotopic (exact) mass is 407 g/mol. The van der Waals surface area contributed by atoms with E-state index < -0.39 is 0 Å². The molecule has 3 aromatic rings. The Balaban J connectivity index is 1.84. The molecule has 0 bridgehead atoms. The molecule has 0 unspecified atom stereocenters. The maximum atomic E-state index is 9.64. The zero-order chi connectivity index (χ0) is 20.5. The molecule has 0 radical (unpaired) electrons. The molecular formula is C22H25N5OS. The van der Waals surface area contributed by atoms with Crippen LogP contribution in [-0.2, 0) is 0 Å². The Kier molecular flexibility index (Phi) is 5.34. The number of aryl methyl sites for hydroxylation is 2. The molecule has 7 heteroatoms. The SMILES string of the molecule is Cc1ccnc(-n2c(C)cc([C@H]3[C@@H](c4ccccn4)NC(=S)N3CCO)c2C)c1. The van der Waals surface area contributed by atoms with Gasteiger partial charge in [-0.1, -0.05) is 6.07 Å². The summed E-state index contributed by atoms with van der Waals surface area (Å²) in [6.07, 6.45) is 3.63. The first-order valence-corrected chi connectivity index (χ1v) is 10.1. The van der Waals surface area contributed by atoms with Gasteiger partial charge in [0.15, 0.2) is 5.11 Å². The van der Waals surface area contributed by atoms with Gasteiger partial charge >= 0.3 is 0 Å². The first kappa shape index (κ1) is 19.5. The summed E-state index contributed by atoms with van der Waals surface area (Å²) < 4.78 is 2.18. The van der Waals surface area contributed by atoms with Crippen molar-refractivity contribution in [3.05, 3.63) is 77.0 Å². The Labute approximate surface area is 176 Å². The van der Waals surface area contributed by atoms with E-state index in [4.69, 9.17) is 12.2 Å². The second kappa shape index (κ2) is 7.93. The van der Waals surface area contributed by atoms with Gasteiger partial charge in [-0.05, 0) is 74.4 Å². The van der Waals surface area contributed by atoms with Crippen LogP contribution in [-0.4, -0.2) is 42.8 Å². The van der Waals surface area contributed by atoms with Gasteiger partial charge in [-0.25, -0.2) is 4.98 Å². The van der Waals surface area contributed by atoms with E-state index in [1.165, 1.54) is 5.56 Å². The third-order valence-electron chi connectivity index (χ3n) is 5.46. The van der Waals surface area contributed by atoms with Crippen LogP contribution in [0.4, 0.5) is 0 Å². The van der Waals surface area contributed by atoms with Gasteiger partial charge in [-0.15, -0.1) is 0 Å². The standard InChI is InChI=1S/C22H25N5OS/c1-14-7-9-24-19(12-14)27-15(2)13-17(16(27)3)21-20(18-6-4-5-8-23-18)25-22(29)26(21)10-11-28/h4-9,12-13,20-21,28H,10-11H2,1-3H3,(H,25,29)/t20-,21+/m1/s1. The lowest BCUT2D eigenvalue weighted by Crippen LogP contribution is -2.32. The Morgan fingerprint density at radius 2 is 1.93 bits per heavy atom. The average Bonchev–Trinajstić information content (AvgIpc) is 3.18. The van der Waals surface area contributed by atoms with Crippen molar-refractivity contribution >= 4 is 17.3 Å². The Bertz CT molecular complexity index is 1030. The van der Waals surface area contributed by atoms with Crippen molar-refractivity contribution in [1.29, 1.82) is 0 Å². The fourth-order valence-electron chi connectivity index (χ4n) is 4.17. The number of β-amino-alcohol motifs (C(OH)–C–C–N with tert-alkyl or cyclic N) is 1. The number of aromatic nitrogens is 3. The lowest BCUT2D eigenvalue weighted by molar-refractivity contribution is 0.223. The molecule has 0 saturated carbocycles. The fourth-order valence-corrected chi connectivity index (χ4v) is 4.51. The van der Waals surface area contributed by atoms with E-state index in [0.717, 1.165) is 28.5 Å². The van der Waals surface area contributed by atoms with Crippen molar-refractivity contribution in [1.82, 2.24) is 24.8 Å². The predicted molar refractivity (Wildman–Crippen MR) is 117 cm³/mol. The van der Waals surface area contributed by atoms with Gasteiger partial charge in [0.25, 0.3) is 0 Å². The number of thiocarbonyl (C=S) groups is 1. The summed E-state index contributed by atoms with van der Waals surface area (Å²) in [4.78, 5) is 11.2. The molecule has 1 saturated heterocycles. The van der Waals surface area contributed by atoms with Crippen molar-refractivity contribution < 1.29 is 5.11 Å². The molecular weight excluding hydrogens is 382 g/mol. The van der Waals surface area contributed by atoms with E-state index >= 15 is 0 Å². The average molecular weight is 408 g/mol. The number of aliphatic hydroxyl groups is 1.